The zero-order valence-electron chi connectivity index (χ0n) is 9.64. The van der Waals surface area contributed by atoms with Gasteiger partial charge in [0.25, 0.3) is 0 Å². The van der Waals surface area contributed by atoms with Gasteiger partial charge in [-0.2, -0.15) is 13.2 Å². The van der Waals surface area contributed by atoms with Crippen LogP contribution >= 0.6 is 0 Å². The fourth-order valence-electron chi connectivity index (χ4n) is 1.44. The third kappa shape index (κ3) is 4.80. The van der Waals surface area contributed by atoms with Crippen molar-refractivity contribution in [1.82, 2.24) is 10.3 Å². The molecule has 0 fully saturated rings. The van der Waals surface area contributed by atoms with Crippen LogP contribution in [-0.4, -0.2) is 36.1 Å². The summed E-state index contributed by atoms with van der Waals surface area (Å²) in [4.78, 5) is 12.4. The molecule has 0 spiro atoms. The normalized spacial score (nSPS) is 16.0. The molecule has 0 rings (SSSR count). The lowest BCUT2D eigenvalue weighted by Gasteiger charge is -2.31. The molecule has 0 aromatic carbocycles. The topological polar surface area (TPSA) is 58.4 Å². The summed E-state index contributed by atoms with van der Waals surface area (Å²) in [6.07, 6.45) is -4.26. The van der Waals surface area contributed by atoms with E-state index in [9.17, 15) is 18.0 Å². The zero-order chi connectivity index (χ0) is 12.9. The molecule has 0 radical (unpaired) electrons. The smallest absolute Gasteiger partial charge is 0.294 e. The predicted molar refractivity (Wildman–Crippen MR) is 54.3 cm³/mol. The molecular formula is C9H18F3N3O. The fraction of sp³-hybridized carbons (Fsp3) is 0.889. The third-order valence-electron chi connectivity index (χ3n) is 2.64. The molecule has 7 heteroatoms. The maximum Gasteiger partial charge on any atom is 0.401 e. The van der Waals surface area contributed by atoms with Crippen LogP contribution in [0.1, 0.15) is 20.8 Å². The highest BCUT2D eigenvalue weighted by Crippen LogP contribution is 2.20. The van der Waals surface area contributed by atoms with E-state index in [0.717, 1.165) is 0 Å². The number of amides is 1. The van der Waals surface area contributed by atoms with E-state index in [1.165, 1.54) is 4.90 Å². The molecule has 0 aliphatic rings. The SMILES string of the molecule is CCN(CC(F)(F)F)C(C)C(C)C(=O)NN. The minimum atomic E-state index is -4.26. The van der Waals surface area contributed by atoms with Gasteiger partial charge < -0.3 is 0 Å². The van der Waals surface area contributed by atoms with E-state index in [-0.39, 0.29) is 6.54 Å². The van der Waals surface area contributed by atoms with Gasteiger partial charge in [0.2, 0.25) is 5.91 Å². The summed E-state index contributed by atoms with van der Waals surface area (Å²) in [5.41, 5.74) is 1.94. The van der Waals surface area contributed by atoms with Gasteiger partial charge >= 0.3 is 6.18 Å². The first kappa shape index (κ1) is 15.2. The molecular weight excluding hydrogens is 223 g/mol. The maximum absolute atomic E-state index is 12.2. The molecule has 2 unspecified atom stereocenters. The van der Waals surface area contributed by atoms with Crippen molar-refractivity contribution in [3.63, 3.8) is 0 Å². The Kier molecular flexibility index (Phi) is 5.74. The Hall–Kier alpha value is -0.820. The molecule has 96 valence electrons. The van der Waals surface area contributed by atoms with Gasteiger partial charge in [-0.3, -0.25) is 15.1 Å². The van der Waals surface area contributed by atoms with Crippen LogP contribution in [0.15, 0.2) is 0 Å². The van der Waals surface area contributed by atoms with Crippen LogP contribution in [-0.2, 0) is 4.79 Å². The van der Waals surface area contributed by atoms with Crippen molar-refractivity contribution in [1.29, 1.82) is 0 Å². The fourth-order valence-corrected chi connectivity index (χ4v) is 1.44. The molecule has 0 bridgehead atoms. The van der Waals surface area contributed by atoms with Crippen molar-refractivity contribution in [2.45, 2.75) is 33.0 Å². The Morgan fingerprint density at radius 1 is 1.44 bits per heavy atom. The van der Waals surface area contributed by atoms with Gasteiger partial charge in [-0.05, 0) is 13.5 Å². The quantitative estimate of drug-likeness (QED) is 0.427. The molecule has 2 atom stereocenters. The van der Waals surface area contributed by atoms with Gasteiger partial charge in [0.15, 0.2) is 0 Å². The number of nitrogens with two attached hydrogens (primary N) is 1. The summed E-state index contributed by atoms with van der Waals surface area (Å²) < 4.78 is 36.7. The summed E-state index contributed by atoms with van der Waals surface area (Å²) in [6.45, 7) is 3.95. The molecule has 0 saturated heterocycles. The lowest BCUT2D eigenvalue weighted by molar-refractivity contribution is -0.154. The van der Waals surface area contributed by atoms with Crippen molar-refractivity contribution < 1.29 is 18.0 Å². The molecule has 16 heavy (non-hydrogen) atoms. The summed E-state index contributed by atoms with van der Waals surface area (Å²) in [6, 6.07) is -0.518. The maximum atomic E-state index is 12.2. The van der Waals surface area contributed by atoms with E-state index >= 15 is 0 Å². The first-order valence-corrected chi connectivity index (χ1v) is 5.04. The summed E-state index contributed by atoms with van der Waals surface area (Å²) in [7, 11) is 0. The number of hydrazine groups is 1. The minimum Gasteiger partial charge on any atom is -0.294 e. The second kappa shape index (κ2) is 6.05. The Morgan fingerprint density at radius 2 is 1.94 bits per heavy atom. The number of halogens is 3. The van der Waals surface area contributed by atoms with E-state index < -0.39 is 30.6 Å². The van der Waals surface area contributed by atoms with Crippen LogP contribution in [0.3, 0.4) is 0 Å². The van der Waals surface area contributed by atoms with Crippen molar-refractivity contribution in [3.05, 3.63) is 0 Å². The van der Waals surface area contributed by atoms with Crippen LogP contribution in [0, 0.1) is 5.92 Å². The van der Waals surface area contributed by atoms with E-state index in [1.54, 1.807) is 20.8 Å². The third-order valence-corrected chi connectivity index (χ3v) is 2.64. The van der Waals surface area contributed by atoms with E-state index in [2.05, 4.69) is 0 Å². The van der Waals surface area contributed by atoms with Crippen molar-refractivity contribution in [3.8, 4) is 0 Å². The van der Waals surface area contributed by atoms with Gasteiger partial charge in [0.05, 0.1) is 12.5 Å². The molecule has 0 aromatic rings. The highest BCUT2D eigenvalue weighted by Gasteiger charge is 2.34. The van der Waals surface area contributed by atoms with Gasteiger partial charge in [-0.25, -0.2) is 5.84 Å². The largest absolute Gasteiger partial charge is 0.401 e. The van der Waals surface area contributed by atoms with Crippen LogP contribution in [0.5, 0.6) is 0 Å². The number of hydrogen-bond acceptors (Lipinski definition) is 3. The number of rotatable bonds is 5. The van der Waals surface area contributed by atoms with Crippen LogP contribution in [0.25, 0.3) is 0 Å². The molecule has 0 saturated carbocycles. The number of alkyl halides is 3. The number of carbonyl (C=O) groups is 1. The van der Waals surface area contributed by atoms with Crippen molar-refractivity contribution in [2.24, 2.45) is 11.8 Å². The van der Waals surface area contributed by atoms with Gasteiger partial charge in [0.1, 0.15) is 0 Å². The summed E-state index contributed by atoms with van der Waals surface area (Å²) in [5.74, 6) is 3.88. The van der Waals surface area contributed by atoms with E-state index in [0.29, 0.717) is 0 Å². The lowest BCUT2D eigenvalue weighted by atomic mass is 10.0. The van der Waals surface area contributed by atoms with Crippen LogP contribution in [0.4, 0.5) is 13.2 Å². The van der Waals surface area contributed by atoms with Crippen molar-refractivity contribution >= 4 is 5.91 Å². The average molecular weight is 241 g/mol. The van der Waals surface area contributed by atoms with Gasteiger partial charge in [-0.1, -0.05) is 13.8 Å². The lowest BCUT2D eigenvalue weighted by Crippen LogP contribution is -2.48. The predicted octanol–water partition coefficient (Wildman–Crippen LogP) is 0.885. The van der Waals surface area contributed by atoms with E-state index in [4.69, 9.17) is 5.84 Å². The Bertz CT molecular complexity index is 233. The Labute approximate surface area is 92.9 Å². The molecule has 0 aromatic heterocycles. The number of carbonyl (C=O) groups excluding carboxylic acids is 1. The number of nitrogens with one attached hydrogen (secondary N) is 1. The zero-order valence-corrected chi connectivity index (χ0v) is 9.64. The highest BCUT2D eigenvalue weighted by atomic mass is 19.4. The van der Waals surface area contributed by atoms with Gasteiger partial charge in [-0.15, -0.1) is 0 Å². The number of nitrogens with zero attached hydrogens (tertiary/aromatic N) is 1. The molecule has 4 nitrogen and oxygen atoms in total. The first-order valence-electron chi connectivity index (χ1n) is 5.04. The minimum absolute atomic E-state index is 0.225. The standard InChI is InChI=1S/C9H18F3N3O/c1-4-15(5-9(10,11)12)7(3)6(2)8(16)14-13/h6-7H,4-5,13H2,1-3H3,(H,14,16). The molecule has 0 aliphatic carbocycles. The van der Waals surface area contributed by atoms with E-state index in [1.807, 2.05) is 5.43 Å². The molecule has 3 N–H and O–H groups in total. The summed E-state index contributed by atoms with van der Waals surface area (Å²) >= 11 is 0. The van der Waals surface area contributed by atoms with Crippen molar-refractivity contribution in [2.75, 3.05) is 13.1 Å². The summed E-state index contributed by atoms with van der Waals surface area (Å²) in [5, 5.41) is 0. The molecule has 0 aliphatic heterocycles. The Morgan fingerprint density at radius 3 is 2.25 bits per heavy atom. The van der Waals surface area contributed by atoms with Crippen LogP contribution < -0.4 is 11.3 Å². The van der Waals surface area contributed by atoms with Crippen LogP contribution in [0.2, 0.25) is 0 Å². The average Bonchev–Trinajstić information content (AvgIpc) is 2.21. The number of hydrogen-bond donors (Lipinski definition) is 2. The first-order chi connectivity index (χ1) is 7.22. The second-order valence-corrected chi connectivity index (χ2v) is 3.72. The monoisotopic (exact) mass is 241 g/mol. The highest BCUT2D eigenvalue weighted by molar-refractivity contribution is 5.78. The second-order valence-electron chi connectivity index (χ2n) is 3.72. The molecule has 0 heterocycles. The molecule has 1 amide bonds. The van der Waals surface area contributed by atoms with Gasteiger partial charge in [0, 0.05) is 6.04 Å². The Balaban J connectivity index is 4.52.